The number of rotatable bonds is 5. The van der Waals surface area contributed by atoms with Gasteiger partial charge in [-0.2, -0.15) is 0 Å². The Morgan fingerprint density at radius 1 is 1.31 bits per heavy atom. The molecule has 88 valence electrons. The Kier molecular flexibility index (Phi) is 3.82. The Morgan fingerprint density at radius 3 is 2.50 bits per heavy atom. The number of nitrogens with two attached hydrogens (primary N) is 2. The fourth-order valence-corrected chi connectivity index (χ4v) is 2.23. The summed E-state index contributed by atoms with van der Waals surface area (Å²) in [5.41, 5.74) is 7.33. The van der Waals surface area contributed by atoms with E-state index in [1.165, 1.54) is 12.1 Å². The average molecular weight is 244 g/mol. The molecule has 0 aliphatic rings. The summed E-state index contributed by atoms with van der Waals surface area (Å²) < 4.78 is 25.5. The summed E-state index contributed by atoms with van der Waals surface area (Å²) in [6.07, 6.45) is 0. The van der Waals surface area contributed by atoms with Crippen molar-refractivity contribution >= 4 is 21.6 Å². The molecule has 1 rings (SSSR count). The zero-order chi connectivity index (χ0) is 12.2. The van der Waals surface area contributed by atoms with E-state index in [1.54, 1.807) is 12.1 Å². The first-order chi connectivity index (χ1) is 7.47. The molecule has 0 atom stereocenters. The molecule has 0 spiro atoms. The van der Waals surface area contributed by atoms with Gasteiger partial charge in [0.15, 0.2) is 0 Å². The summed E-state index contributed by atoms with van der Waals surface area (Å²) in [7, 11) is -3.79. The van der Waals surface area contributed by atoms with Crippen LogP contribution < -0.4 is 21.7 Å². The van der Waals surface area contributed by atoms with Gasteiger partial charge in [0.2, 0.25) is 15.9 Å². The van der Waals surface area contributed by atoms with Crippen LogP contribution >= 0.6 is 0 Å². The summed E-state index contributed by atoms with van der Waals surface area (Å²) in [4.78, 5) is 10.4. The fourth-order valence-electron chi connectivity index (χ4n) is 1.06. The first kappa shape index (κ1) is 12.4. The Bertz CT molecular complexity index is 486. The summed E-state index contributed by atoms with van der Waals surface area (Å²) >= 11 is 0. The summed E-state index contributed by atoms with van der Waals surface area (Å²) in [5.74, 6) is 4.41. The second-order valence-electron chi connectivity index (χ2n) is 2.93. The summed E-state index contributed by atoms with van der Waals surface area (Å²) in [5, 5.41) is 0. The third-order valence-electron chi connectivity index (χ3n) is 1.77. The van der Waals surface area contributed by atoms with Gasteiger partial charge in [-0.25, -0.2) is 13.1 Å². The van der Waals surface area contributed by atoms with E-state index in [-0.39, 0.29) is 10.6 Å². The van der Waals surface area contributed by atoms with E-state index in [9.17, 15) is 13.2 Å². The second-order valence-corrected chi connectivity index (χ2v) is 4.67. The summed E-state index contributed by atoms with van der Waals surface area (Å²) in [6, 6.07) is 6.03. The van der Waals surface area contributed by atoms with Gasteiger partial charge < -0.3 is 11.2 Å². The lowest BCUT2D eigenvalue weighted by Gasteiger charge is -2.09. The highest BCUT2D eigenvalue weighted by molar-refractivity contribution is 7.89. The number of primary amides is 1. The van der Waals surface area contributed by atoms with Crippen LogP contribution in [0.4, 0.5) is 5.69 Å². The van der Waals surface area contributed by atoms with Crippen molar-refractivity contribution in [1.82, 2.24) is 4.72 Å². The SMILES string of the molecule is NNc1ccccc1S(=O)(=O)NCC(N)=O. The maximum absolute atomic E-state index is 11.7. The van der Waals surface area contributed by atoms with Crippen molar-refractivity contribution in [1.29, 1.82) is 0 Å². The van der Waals surface area contributed by atoms with Crippen molar-refractivity contribution in [3.05, 3.63) is 24.3 Å². The van der Waals surface area contributed by atoms with Crippen LogP contribution in [0.25, 0.3) is 0 Å². The number of carbonyl (C=O) groups excluding carboxylic acids is 1. The van der Waals surface area contributed by atoms with Crippen molar-refractivity contribution in [2.24, 2.45) is 11.6 Å². The van der Waals surface area contributed by atoms with E-state index >= 15 is 0 Å². The van der Waals surface area contributed by atoms with E-state index in [4.69, 9.17) is 11.6 Å². The zero-order valence-corrected chi connectivity index (χ0v) is 9.12. The van der Waals surface area contributed by atoms with Crippen LogP contribution in [-0.4, -0.2) is 20.9 Å². The molecular formula is C8H12N4O3S. The van der Waals surface area contributed by atoms with E-state index in [2.05, 4.69) is 10.1 Å². The largest absolute Gasteiger partial charge is 0.369 e. The number of nitrogens with one attached hydrogen (secondary N) is 2. The minimum atomic E-state index is -3.79. The standard InChI is InChI=1S/C8H12N4O3S/c9-8(13)5-11-16(14,15)7-4-2-1-3-6(7)12-10/h1-4,11-12H,5,10H2,(H2,9,13). The smallest absolute Gasteiger partial charge is 0.243 e. The Hall–Kier alpha value is -1.64. The van der Waals surface area contributed by atoms with E-state index < -0.39 is 22.5 Å². The first-order valence-corrected chi connectivity index (χ1v) is 5.79. The third-order valence-corrected chi connectivity index (χ3v) is 3.23. The lowest BCUT2D eigenvalue weighted by molar-refractivity contribution is -0.116. The van der Waals surface area contributed by atoms with Gasteiger partial charge in [-0.1, -0.05) is 12.1 Å². The average Bonchev–Trinajstić information content (AvgIpc) is 2.26. The molecule has 0 aliphatic heterocycles. The number of amides is 1. The van der Waals surface area contributed by atoms with E-state index in [0.717, 1.165) is 0 Å². The number of anilines is 1. The number of para-hydroxylation sites is 1. The Balaban J connectivity index is 3.02. The molecule has 0 aromatic heterocycles. The molecule has 0 bridgehead atoms. The van der Waals surface area contributed by atoms with Gasteiger partial charge >= 0.3 is 0 Å². The van der Waals surface area contributed by atoms with Crippen molar-refractivity contribution in [3.63, 3.8) is 0 Å². The quantitative estimate of drug-likeness (QED) is 0.379. The van der Waals surface area contributed by atoms with Gasteiger partial charge in [-0.05, 0) is 12.1 Å². The van der Waals surface area contributed by atoms with Gasteiger partial charge in [-0.3, -0.25) is 10.6 Å². The number of carbonyl (C=O) groups is 1. The molecule has 0 aliphatic carbocycles. The molecule has 0 heterocycles. The minimum absolute atomic E-state index is 0.0428. The molecular weight excluding hydrogens is 232 g/mol. The number of hydrazine groups is 1. The van der Waals surface area contributed by atoms with E-state index in [1.807, 2.05) is 0 Å². The van der Waals surface area contributed by atoms with Crippen molar-refractivity contribution in [2.75, 3.05) is 12.0 Å². The molecule has 1 aromatic carbocycles. The van der Waals surface area contributed by atoms with Crippen molar-refractivity contribution < 1.29 is 13.2 Å². The molecule has 0 saturated carbocycles. The topological polar surface area (TPSA) is 127 Å². The molecule has 6 N–H and O–H groups in total. The highest BCUT2D eigenvalue weighted by atomic mass is 32.2. The monoisotopic (exact) mass is 244 g/mol. The summed E-state index contributed by atoms with van der Waals surface area (Å²) in [6.45, 7) is -0.457. The number of hydrogen-bond acceptors (Lipinski definition) is 5. The van der Waals surface area contributed by atoms with Crippen LogP contribution in [-0.2, 0) is 14.8 Å². The molecule has 1 aromatic rings. The van der Waals surface area contributed by atoms with Gasteiger partial charge in [0.25, 0.3) is 0 Å². The van der Waals surface area contributed by atoms with Crippen LogP contribution in [0.15, 0.2) is 29.2 Å². The van der Waals surface area contributed by atoms with E-state index in [0.29, 0.717) is 0 Å². The molecule has 0 fully saturated rings. The van der Waals surface area contributed by atoms with Crippen LogP contribution in [0.2, 0.25) is 0 Å². The molecule has 16 heavy (non-hydrogen) atoms. The van der Waals surface area contributed by atoms with Gasteiger partial charge in [-0.15, -0.1) is 0 Å². The lowest BCUT2D eigenvalue weighted by Crippen LogP contribution is -2.33. The number of benzene rings is 1. The highest BCUT2D eigenvalue weighted by Gasteiger charge is 2.17. The molecule has 0 radical (unpaired) electrons. The molecule has 7 nitrogen and oxygen atoms in total. The van der Waals surface area contributed by atoms with Crippen molar-refractivity contribution in [3.8, 4) is 0 Å². The predicted octanol–water partition coefficient (Wildman–Crippen LogP) is -1.26. The normalized spacial score (nSPS) is 11.1. The Labute approximate surface area is 92.8 Å². The van der Waals surface area contributed by atoms with Crippen LogP contribution in [0.3, 0.4) is 0 Å². The van der Waals surface area contributed by atoms with Crippen LogP contribution in [0.1, 0.15) is 0 Å². The molecule has 0 unspecified atom stereocenters. The van der Waals surface area contributed by atoms with Gasteiger partial charge in [0.1, 0.15) is 4.90 Å². The predicted molar refractivity (Wildman–Crippen MR) is 58.6 cm³/mol. The third kappa shape index (κ3) is 2.92. The second kappa shape index (κ2) is 4.92. The van der Waals surface area contributed by atoms with Crippen LogP contribution in [0, 0.1) is 0 Å². The van der Waals surface area contributed by atoms with Gasteiger partial charge in [0, 0.05) is 0 Å². The Morgan fingerprint density at radius 2 is 1.94 bits per heavy atom. The molecule has 8 heteroatoms. The first-order valence-electron chi connectivity index (χ1n) is 4.31. The number of nitrogen functional groups attached to an aromatic ring is 1. The zero-order valence-electron chi connectivity index (χ0n) is 8.30. The molecule has 1 amide bonds. The maximum atomic E-state index is 11.7. The number of hydrogen-bond donors (Lipinski definition) is 4. The fraction of sp³-hybridized carbons (Fsp3) is 0.125. The number of sulfonamides is 1. The van der Waals surface area contributed by atoms with Gasteiger partial charge in [0.05, 0.1) is 12.2 Å². The van der Waals surface area contributed by atoms with Crippen molar-refractivity contribution in [2.45, 2.75) is 4.90 Å². The highest BCUT2D eigenvalue weighted by Crippen LogP contribution is 2.18. The van der Waals surface area contributed by atoms with Crippen LogP contribution in [0.5, 0.6) is 0 Å². The molecule has 0 saturated heterocycles. The lowest BCUT2D eigenvalue weighted by atomic mass is 10.3. The minimum Gasteiger partial charge on any atom is -0.369 e. The maximum Gasteiger partial charge on any atom is 0.243 e.